The Morgan fingerprint density at radius 3 is 3.00 bits per heavy atom. The Balaban J connectivity index is 1.99. The molecule has 7 nitrogen and oxygen atoms in total. The van der Waals surface area contributed by atoms with E-state index in [0.29, 0.717) is 0 Å². The molecule has 1 aromatic heterocycles. The molecule has 0 bridgehead atoms. The van der Waals surface area contributed by atoms with Crippen LogP contribution in [0.1, 0.15) is 5.56 Å². The molecule has 0 aliphatic rings. The van der Waals surface area contributed by atoms with Crippen molar-refractivity contribution in [3.05, 3.63) is 43.9 Å². The van der Waals surface area contributed by atoms with Gasteiger partial charge >= 0.3 is 0 Å². The Labute approximate surface area is 138 Å². The lowest BCUT2D eigenvalue weighted by Crippen LogP contribution is -2.30. The first-order valence-electron chi connectivity index (χ1n) is 5.86. The number of hydrogen-bond donors (Lipinski definition) is 2. The van der Waals surface area contributed by atoms with Crippen LogP contribution >= 0.6 is 34.4 Å². The Morgan fingerprint density at radius 1 is 1.52 bits per heavy atom. The number of aromatic nitrogens is 3. The Hall–Kier alpha value is -1.62. The molecule has 0 saturated heterocycles. The molecule has 2 aromatic rings. The van der Waals surface area contributed by atoms with Crippen molar-refractivity contribution in [2.24, 2.45) is 0 Å². The largest absolute Gasteiger partial charge is 0.334 e. The van der Waals surface area contributed by atoms with Gasteiger partial charge in [-0.05, 0) is 53.3 Å². The van der Waals surface area contributed by atoms with Crippen LogP contribution < -0.4 is 16.7 Å². The van der Waals surface area contributed by atoms with Crippen LogP contribution in [-0.4, -0.2) is 26.5 Å². The molecule has 0 saturated carbocycles. The molecule has 0 aliphatic carbocycles. The Kier molecular flexibility index (Phi) is 5.17. The van der Waals surface area contributed by atoms with E-state index in [2.05, 4.69) is 38.1 Å². The third kappa shape index (κ3) is 4.17. The zero-order chi connectivity index (χ0) is 15.4. The minimum Gasteiger partial charge on any atom is -0.334 e. The number of rotatable bonds is 4. The van der Waals surface area contributed by atoms with Crippen LogP contribution in [-0.2, 0) is 4.79 Å². The normalized spacial score (nSPS) is 10.4. The van der Waals surface area contributed by atoms with Gasteiger partial charge in [-0.3, -0.25) is 9.59 Å². The molecule has 1 aromatic carbocycles. The molecule has 0 spiro atoms. The van der Waals surface area contributed by atoms with Gasteiger partial charge in [0.05, 0.1) is 5.75 Å². The van der Waals surface area contributed by atoms with Gasteiger partial charge < -0.3 is 11.2 Å². The summed E-state index contributed by atoms with van der Waals surface area (Å²) in [5.74, 6) is 5.39. The average Bonchev–Trinajstić information content (AvgIpc) is 2.43. The van der Waals surface area contributed by atoms with E-state index in [0.717, 1.165) is 37.5 Å². The zero-order valence-corrected chi connectivity index (χ0v) is 14.0. The zero-order valence-electron chi connectivity index (χ0n) is 11.0. The van der Waals surface area contributed by atoms with E-state index < -0.39 is 5.56 Å². The van der Waals surface area contributed by atoms with Gasteiger partial charge in [0.25, 0.3) is 5.56 Å². The van der Waals surface area contributed by atoms with Gasteiger partial charge in [0, 0.05) is 9.26 Å². The summed E-state index contributed by atoms with van der Waals surface area (Å²) >= 11 is 3.26. The highest BCUT2D eigenvalue weighted by Crippen LogP contribution is 2.18. The number of nitrogens with two attached hydrogens (primary N) is 1. The van der Waals surface area contributed by atoms with Crippen molar-refractivity contribution in [3.8, 4) is 0 Å². The number of nitrogens with one attached hydrogen (secondary N) is 1. The highest BCUT2D eigenvalue weighted by Gasteiger charge is 2.09. The van der Waals surface area contributed by atoms with Crippen molar-refractivity contribution in [2.75, 3.05) is 16.9 Å². The number of anilines is 1. The summed E-state index contributed by atoms with van der Waals surface area (Å²) in [5.41, 5.74) is 1.27. The van der Waals surface area contributed by atoms with E-state index in [9.17, 15) is 9.59 Å². The molecule has 9 heteroatoms. The van der Waals surface area contributed by atoms with Crippen molar-refractivity contribution in [1.29, 1.82) is 0 Å². The maximum atomic E-state index is 11.9. The number of amides is 1. The minimum absolute atomic E-state index is 0.0841. The molecule has 0 atom stereocenters. The van der Waals surface area contributed by atoms with Crippen LogP contribution in [0.5, 0.6) is 0 Å². The van der Waals surface area contributed by atoms with Crippen molar-refractivity contribution >= 4 is 45.9 Å². The Bertz CT molecular complexity index is 734. The molecule has 0 aliphatic heterocycles. The van der Waals surface area contributed by atoms with Crippen LogP contribution in [0.3, 0.4) is 0 Å². The second-order valence-corrected chi connectivity index (χ2v) is 6.32. The lowest BCUT2D eigenvalue weighted by molar-refractivity contribution is -0.113. The van der Waals surface area contributed by atoms with E-state index in [1.54, 1.807) is 0 Å². The highest BCUT2D eigenvalue weighted by atomic mass is 127. The molecule has 3 N–H and O–H groups in total. The lowest BCUT2D eigenvalue weighted by atomic mass is 10.2. The first-order valence-corrected chi connectivity index (χ1v) is 7.92. The number of carbonyl (C=O) groups is 1. The first-order chi connectivity index (χ1) is 9.97. The molecule has 0 radical (unpaired) electrons. The van der Waals surface area contributed by atoms with E-state index >= 15 is 0 Å². The highest BCUT2D eigenvalue weighted by molar-refractivity contribution is 14.1. The number of thioether (sulfide) groups is 1. The maximum absolute atomic E-state index is 11.9. The number of nitrogens with zero attached hydrogens (tertiary/aromatic N) is 3. The third-order valence-corrected chi connectivity index (χ3v) is 4.16. The van der Waals surface area contributed by atoms with Crippen molar-refractivity contribution in [1.82, 2.24) is 14.9 Å². The monoisotopic (exact) mass is 417 g/mol. The van der Waals surface area contributed by atoms with Crippen LogP contribution in [0.4, 0.5) is 5.69 Å². The summed E-state index contributed by atoms with van der Waals surface area (Å²) < 4.78 is 1.96. The van der Waals surface area contributed by atoms with E-state index in [1.165, 1.54) is 0 Å². The second kappa shape index (κ2) is 6.89. The summed E-state index contributed by atoms with van der Waals surface area (Å²) in [4.78, 5) is 23.2. The van der Waals surface area contributed by atoms with E-state index in [4.69, 9.17) is 5.84 Å². The summed E-state index contributed by atoms with van der Waals surface area (Å²) in [5, 5.41) is 10.2. The predicted molar refractivity (Wildman–Crippen MR) is 89.7 cm³/mol. The number of carbonyl (C=O) groups excluding carboxylic acids is 1. The average molecular weight is 417 g/mol. The quantitative estimate of drug-likeness (QED) is 0.437. The predicted octanol–water partition coefficient (Wildman–Crippen LogP) is 0.996. The maximum Gasteiger partial charge on any atom is 0.291 e. The molecule has 110 valence electrons. The molecule has 0 unspecified atom stereocenters. The lowest BCUT2D eigenvalue weighted by Gasteiger charge is -2.09. The second-order valence-electron chi connectivity index (χ2n) is 4.13. The fourth-order valence-corrected chi connectivity index (χ4v) is 2.83. The molecule has 1 heterocycles. The number of aryl methyl sites for hydroxylation is 1. The van der Waals surface area contributed by atoms with Gasteiger partial charge in [0.1, 0.15) is 6.20 Å². The molecular formula is C12H12IN5O2S. The number of benzene rings is 1. The van der Waals surface area contributed by atoms with Gasteiger partial charge in [0.2, 0.25) is 11.1 Å². The molecule has 21 heavy (non-hydrogen) atoms. The van der Waals surface area contributed by atoms with Crippen LogP contribution in [0, 0.1) is 10.5 Å². The number of hydrogen-bond acceptors (Lipinski definition) is 6. The smallest absolute Gasteiger partial charge is 0.291 e. The summed E-state index contributed by atoms with van der Waals surface area (Å²) in [6, 6.07) is 5.74. The van der Waals surface area contributed by atoms with E-state index in [1.807, 2.05) is 25.1 Å². The minimum atomic E-state index is -0.471. The van der Waals surface area contributed by atoms with Crippen molar-refractivity contribution in [2.45, 2.75) is 12.1 Å². The van der Waals surface area contributed by atoms with Gasteiger partial charge in [0.15, 0.2) is 0 Å². The number of nitrogen functional groups attached to an aromatic ring is 1. The summed E-state index contributed by atoms with van der Waals surface area (Å²) in [6.45, 7) is 1.92. The topological polar surface area (TPSA) is 103 Å². The summed E-state index contributed by atoms with van der Waals surface area (Å²) in [7, 11) is 0. The molecule has 0 fully saturated rings. The van der Waals surface area contributed by atoms with Gasteiger partial charge in [-0.25, -0.2) is 0 Å². The number of halogens is 1. The van der Waals surface area contributed by atoms with Crippen molar-refractivity contribution < 1.29 is 4.79 Å². The van der Waals surface area contributed by atoms with Gasteiger partial charge in [-0.15, -0.1) is 5.10 Å². The fourth-order valence-electron chi connectivity index (χ4n) is 1.51. The standard InChI is InChI=1S/C12H12IN5O2S/c1-7-4-8(13)2-3-9(7)16-10(19)6-21-12-17-15-5-11(20)18(12)14/h2-5H,6,14H2,1H3,(H,16,19). The van der Waals surface area contributed by atoms with Crippen LogP contribution in [0.2, 0.25) is 0 Å². The van der Waals surface area contributed by atoms with Gasteiger partial charge in [-0.1, -0.05) is 11.8 Å². The van der Waals surface area contributed by atoms with Crippen molar-refractivity contribution in [3.63, 3.8) is 0 Å². The molecule has 2 rings (SSSR count). The fraction of sp³-hybridized carbons (Fsp3) is 0.167. The summed E-state index contributed by atoms with van der Waals surface area (Å²) in [6.07, 6.45) is 1.01. The van der Waals surface area contributed by atoms with E-state index in [-0.39, 0.29) is 16.8 Å². The van der Waals surface area contributed by atoms with Crippen LogP contribution in [0.15, 0.2) is 34.3 Å². The van der Waals surface area contributed by atoms with Gasteiger partial charge in [-0.2, -0.15) is 9.77 Å². The SMILES string of the molecule is Cc1cc(I)ccc1NC(=O)CSc1nncc(=O)n1N. The molecular weight excluding hydrogens is 405 g/mol. The third-order valence-electron chi connectivity index (χ3n) is 2.55. The molecule has 1 amide bonds. The van der Waals surface area contributed by atoms with Crippen LogP contribution in [0.25, 0.3) is 0 Å². The Morgan fingerprint density at radius 2 is 2.29 bits per heavy atom. The first kappa shape index (κ1) is 15.8.